The highest BCUT2D eigenvalue weighted by Gasteiger charge is 2.25. The molecule has 0 atom stereocenters. The molecule has 68 valence electrons. The molecule has 3 nitrogen and oxygen atoms in total. The van der Waals surface area contributed by atoms with Gasteiger partial charge in [0.15, 0.2) is 0 Å². The van der Waals surface area contributed by atoms with E-state index < -0.39 is 5.97 Å². The van der Waals surface area contributed by atoms with Crippen LogP contribution in [0.5, 0.6) is 0 Å². The van der Waals surface area contributed by atoms with Gasteiger partial charge in [-0.1, -0.05) is 6.07 Å². The lowest BCUT2D eigenvalue weighted by molar-refractivity contribution is 0.0697. The van der Waals surface area contributed by atoms with E-state index in [-0.39, 0.29) is 5.56 Å². The molecule has 1 aliphatic rings. The number of benzene rings is 1. The molecule has 3 N–H and O–H groups in total. The van der Waals surface area contributed by atoms with Crippen LogP contribution in [-0.2, 0) is 0 Å². The Bertz CT molecular complexity index is 356. The highest BCUT2D eigenvalue weighted by atomic mass is 16.4. The lowest BCUT2D eigenvalue weighted by Gasteiger charge is -2.04. The number of nitrogen functional groups attached to an aromatic ring is 1. The van der Waals surface area contributed by atoms with Gasteiger partial charge in [0.05, 0.1) is 5.56 Å². The van der Waals surface area contributed by atoms with Gasteiger partial charge in [0, 0.05) is 5.69 Å². The highest BCUT2D eigenvalue weighted by Crippen LogP contribution is 2.42. The van der Waals surface area contributed by atoms with Crippen molar-refractivity contribution in [1.82, 2.24) is 0 Å². The first kappa shape index (κ1) is 8.10. The van der Waals surface area contributed by atoms with Crippen LogP contribution in [0.1, 0.15) is 34.7 Å². The van der Waals surface area contributed by atoms with Gasteiger partial charge in [-0.3, -0.25) is 0 Å². The van der Waals surface area contributed by atoms with Crippen molar-refractivity contribution >= 4 is 11.7 Å². The van der Waals surface area contributed by atoms with E-state index in [4.69, 9.17) is 10.8 Å². The van der Waals surface area contributed by atoms with Crippen LogP contribution in [0.4, 0.5) is 5.69 Å². The Kier molecular flexibility index (Phi) is 1.72. The number of rotatable bonds is 2. The first-order valence-corrected chi connectivity index (χ1v) is 4.31. The Morgan fingerprint density at radius 2 is 2.15 bits per heavy atom. The van der Waals surface area contributed by atoms with Gasteiger partial charge < -0.3 is 10.8 Å². The van der Waals surface area contributed by atoms with E-state index in [1.54, 1.807) is 6.07 Å². The van der Waals surface area contributed by atoms with Crippen LogP contribution in [0, 0.1) is 0 Å². The summed E-state index contributed by atoms with van der Waals surface area (Å²) in [5, 5.41) is 8.70. The molecule has 0 aliphatic heterocycles. The number of carbonyl (C=O) groups is 1. The summed E-state index contributed by atoms with van der Waals surface area (Å²) < 4.78 is 0. The molecular weight excluding hydrogens is 166 g/mol. The number of aromatic carboxylic acids is 1. The maximum atomic E-state index is 10.6. The second kappa shape index (κ2) is 2.76. The van der Waals surface area contributed by atoms with E-state index in [1.807, 2.05) is 6.07 Å². The van der Waals surface area contributed by atoms with Gasteiger partial charge >= 0.3 is 5.97 Å². The largest absolute Gasteiger partial charge is 0.478 e. The quantitative estimate of drug-likeness (QED) is 0.677. The van der Waals surface area contributed by atoms with Gasteiger partial charge in [0.2, 0.25) is 0 Å². The smallest absolute Gasteiger partial charge is 0.335 e. The summed E-state index contributed by atoms with van der Waals surface area (Å²) in [7, 11) is 0. The monoisotopic (exact) mass is 177 g/mol. The zero-order chi connectivity index (χ0) is 9.42. The van der Waals surface area contributed by atoms with Crippen LogP contribution in [0.2, 0.25) is 0 Å². The van der Waals surface area contributed by atoms with Crippen LogP contribution in [-0.4, -0.2) is 11.1 Å². The third kappa shape index (κ3) is 1.49. The van der Waals surface area contributed by atoms with Crippen LogP contribution < -0.4 is 5.73 Å². The third-order valence-electron chi connectivity index (χ3n) is 2.35. The molecule has 0 heterocycles. The molecule has 0 bridgehead atoms. The molecule has 1 aromatic rings. The zero-order valence-corrected chi connectivity index (χ0v) is 7.16. The van der Waals surface area contributed by atoms with E-state index in [9.17, 15) is 4.79 Å². The fourth-order valence-electron chi connectivity index (χ4n) is 1.47. The summed E-state index contributed by atoms with van der Waals surface area (Å²) in [6.07, 6.45) is 2.35. The average molecular weight is 177 g/mol. The van der Waals surface area contributed by atoms with Crippen molar-refractivity contribution in [3.05, 3.63) is 29.3 Å². The van der Waals surface area contributed by atoms with Crippen molar-refractivity contribution in [3.63, 3.8) is 0 Å². The number of hydrogen-bond donors (Lipinski definition) is 2. The summed E-state index contributed by atoms with van der Waals surface area (Å²) in [5.74, 6) is -0.350. The SMILES string of the molecule is Nc1cc(C(=O)O)ccc1C1CC1. The summed E-state index contributed by atoms with van der Waals surface area (Å²) >= 11 is 0. The van der Waals surface area contributed by atoms with E-state index in [0.717, 1.165) is 5.56 Å². The van der Waals surface area contributed by atoms with Crippen molar-refractivity contribution in [2.24, 2.45) is 0 Å². The average Bonchev–Trinajstić information content (AvgIpc) is 2.87. The Morgan fingerprint density at radius 1 is 1.46 bits per heavy atom. The van der Waals surface area contributed by atoms with Gasteiger partial charge in [-0.25, -0.2) is 4.79 Å². The molecule has 0 radical (unpaired) electrons. The minimum Gasteiger partial charge on any atom is -0.478 e. The standard InChI is InChI=1S/C10H11NO2/c11-9-5-7(10(12)13)3-4-8(9)6-1-2-6/h3-6H,1-2,11H2,(H,12,13). The number of anilines is 1. The van der Waals surface area contributed by atoms with E-state index >= 15 is 0 Å². The fraction of sp³-hybridized carbons (Fsp3) is 0.300. The predicted octanol–water partition coefficient (Wildman–Crippen LogP) is 1.84. The summed E-state index contributed by atoms with van der Waals surface area (Å²) in [5.41, 5.74) is 7.72. The minimum atomic E-state index is -0.922. The molecule has 0 saturated heterocycles. The lowest BCUT2D eigenvalue weighted by atomic mass is 10.1. The Morgan fingerprint density at radius 3 is 2.62 bits per heavy atom. The normalized spacial score (nSPS) is 15.7. The molecule has 0 unspecified atom stereocenters. The Labute approximate surface area is 76.2 Å². The Balaban J connectivity index is 2.36. The molecule has 13 heavy (non-hydrogen) atoms. The topological polar surface area (TPSA) is 63.3 Å². The van der Waals surface area contributed by atoms with E-state index in [0.29, 0.717) is 11.6 Å². The molecule has 3 heteroatoms. The third-order valence-corrected chi connectivity index (χ3v) is 2.35. The maximum absolute atomic E-state index is 10.6. The van der Waals surface area contributed by atoms with Crippen LogP contribution >= 0.6 is 0 Å². The fourth-order valence-corrected chi connectivity index (χ4v) is 1.47. The van der Waals surface area contributed by atoms with Crippen molar-refractivity contribution in [3.8, 4) is 0 Å². The van der Waals surface area contributed by atoms with Crippen molar-refractivity contribution in [1.29, 1.82) is 0 Å². The molecule has 0 aromatic heterocycles. The highest BCUT2D eigenvalue weighted by molar-refractivity contribution is 5.89. The first-order chi connectivity index (χ1) is 6.18. The Hall–Kier alpha value is -1.51. The zero-order valence-electron chi connectivity index (χ0n) is 7.16. The van der Waals surface area contributed by atoms with Crippen LogP contribution in [0.15, 0.2) is 18.2 Å². The molecule has 1 aromatic carbocycles. The molecule has 0 amide bonds. The second-order valence-corrected chi connectivity index (χ2v) is 3.42. The maximum Gasteiger partial charge on any atom is 0.335 e. The van der Waals surface area contributed by atoms with Gasteiger partial charge in [0.1, 0.15) is 0 Å². The number of carboxylic acid groups (broad SMARTS) is 1. The van der Waals surface area contributed by atoms with Crippen molar-refractivity contribution in [2.45, 2.75) is 18.8 Å². The summed E-state index contributed by atoms with van der Waals surface area (Å²) in [6.45, 7) is 0. The lowest BCUT2D eigenvalue weighted by Crippen LogP contribution is -2.00. The number of hydrogen-bond acceptors (Lipinski definition) is 2. The molecule has 2 rings (SSSR count). The molecule has 0 spiro atoms. The van der Waals surface area contributed by atoms with Crippen molar-refractivity contribution in [2.75, 3.05) is 5.73 Å². The molecular formula is C10H11NO2. The number of carboxylic acids is 1. The van der Waals surface area contributed by atoms with E-state index in [1.165, 1.54) is 18.9 Å². The molecule has 1 fully saturated rings. The van der Waals surface area contributed by atoms with Crippen LogP contribution in [0.3, 0.4) is 0 Å². The first-order valence-electron chi connectivity index (χ1n) is 4.31. The van der Waals surface area contributed by atoms with Gasteiger partial charge in [0.25, 0.3) is 0 Å². The second-order valence-electron chi connectivity index (χ2n) is 3.42. The summed E-state index contributed by atoms with van der Waals surface area (Å²) in [4.78, 5) is 10.6. The van der Waals surface area contributed by atoms with Gasteiger partial charge in [-0.2, -0.15) is 0 Å². The van der Waals surface area contributed by atoms with Crippen LogP contribution in [0.25, 0.3) is 0 Å². The summed E-state index contributed by atoms with van der Waals surface area (Å²) in [6, 6.07) is 4.98. The van der Waals surface area contributed by atoms with Gasteiger partial charge in [-0.15, -0.1) is 0 Å². The molecule has 1 saturated carbocycles. The predicted molar refractivity (Wildman–Crippen MR) is 49.8 cm³/mol. The van der Waals surface area contributed by atoms with E-state index in [2.05, 4.69) is 0 Å². The van der Waals surface area contributed by atoms with Crippen molar-refractivity contribution < 1.29 is 9.90 Å². The minimum absolute atomic E-state index is 0.266. The number of nitrogens with two attached hydrogens (primary N) is 1. The molecule has 1 aliphatic carbocycles. The van der Waals surface area contributed by atoms with Gasteiger partial charge in [-0.05, 0) is 36.5 Å².